The lowest BCUT2D eigenvalue weighted by Gasteiger charge is -2.28. The summed E-state index contributed by atoms with van der Waals surface area (Å²) in [4.78, 5) is 0. The van der Waals surface area contributed by atoms with Crippen molar-refractivity contribution in [1.82, 2.24) is 13.9 Å². The second-order valence-corrected chi connectivity index (χ2v) is 7.07. The smallest absolute Gasteiger partial charge is 0.281 e. The molecule has 0 bridgehead atoms. The monoisotopic (exact) mass is 295 g/mol. The highest BCUT2D eigenvalue weighted by molar-refractivity contribution is 7.86. The van der Waals surface area contributed by atoms with Crippen LogP contribution in [-0.2, 0) is 14.9 Å². The van der Waals surface area contributed by atoms with E-state index in [1.807, 2.05) is 20.9 Å². The van der Waals surface area contributed by atoms with E-state index < -0.39 is 10.2 Å². The second-order valence-electron chi connectivity index (χ2n) is 5.03. The summed E-state index contributed by atoms with van der Waals surface area (Å²) >= 11 is 0. The normalized spacial score (nSPS) is 12.8. The molecule has 0 radical (unpaired) electrons. The molecule has 0 unspecified atom stereocenters. The van der Waals surface area contributed by atoms with Crippen LogP contribution in [0, 0.1) is 5.92 Å². The number of hydrogen-bond acceptors (Lipinski definition) is 4. The number of ether oxygens (including phenoxy) is 1. The van der Waals surface area contributed by atoms with Gasteiger partial charge in [0.25, 0.3) is 10.2 Å². The minimum absolute atomic E-state index is 0.289. The third-order valence-corrected chi connectivity index (χ3v) is 4.69. The number of hydrogen-bond donors (Lipinski definition) is 1. The molecule has 0 aromatic carbocycles. The van der Waals surface area contributed by atoms with Gasteiger partial charge < -0.3 is 10.1 Å². The van der Waals surface area contributed by atoms with Crippen molar-refractivity contribution in [2.75, 3.05) is 54.0 Å². The molecule has 0 spiro atoms. The minimum atomic E-state index is -3.39. The van der Waals surface area contributed by atoms with Crippen molar-refractivity contribution in [3.63, 3.8) is 0 Å². The van der Waals surface area contributed by atoms with E-state index in [1.54, 1.807) is 14.2 Å². The van der Waals surface area contributed by atoms with Gasteiger partial charge in [0.2, 0.25) is 0 Å². The van der Waals surface area contributed by atoms with Crippen LogP contribution in [0.2, 0.25) is 0 Å². The lowest BCUT2D eigenvalue weighted by molar-refractivity contribution is 0.172. The maximum absolute atomic E-state index is 12.4. The van der Waals surface area contributed by atoms with E-state index in [0.717, 1.165) is 13.0 Å². The summed E-state index contributed by atoms with van der Waals surface area (Å²) in [5.41, 5.74) is 0. The van der Waals surface area contributed by atoms with Gasteiger partial charge in [0.05, 0.1) is 6.61 Å². The van der Waals surface area contributed by atoms with E-state index in [2.05, 4.69) is 5.32 Å². The first-order chi connectivity index (χ1) is 8.86. The third kappa shape index (κ3) is 7.22. The largest absolute Gasteiger partial charge is 0.383 e. The number of nitrogens with zero attached hydrogens (tertiary/aromatic N) is 2. The lowest BCUT2D eigenvalue weighted by atomic mass is 10.2. The summed E-state index contributed by atoms with van der Waals surface area (Å²) < 4.78 is 32.8. The van der Waals surface area contributed by atoms with Crippen LogP contribution in [0.25, 0.3) is 0 Å². The van der Waals surface area contributed by atoms with E-state index in [1.165, 1.54) is 8.61 Å². The second kappa shape index (κ2) is 9.66. The highest BCUT2D eigenvalue weighted by Crippen LogP contribution is 2.10. The summed E-state index contributed by atoms with van der Waals surface area (Å²) in [6, 6.07) is 0. The Morgan fingerprint density at radius 3 is 2.37 bits per heavy atom. The molecule has 6 nitrogen and oxygen atoms in total. The SMILES string of the molecule is CNCCCN(C)S(=O)(=O)N(CCOC)CC(C)C. The lowest BCUT2D eigenvalue weighted by Crippen LogP contribution is -2.45. The maximum Gasteiger partial charge on any atom is 0.281 e. The molecule has 7 heteroatoms. The molecule has 116 valence electrons. The first-order valence-electron chi connectivity index (χ1n) is 6.71. The Morgan fingerprint density at radius 2 is 1.89 bits per heavy atom. The van der Waals surface area contributed by atoms with Crippen LogP contribution >= 0.6 is 0 Å². The summed E-state index contributed by atoms with van der Waals surface area (Å²) in [7, 11) is 1.68. The Morgan fingerprint density at radius 1 is 1.26 bits per heavy atom. The van der Waals surface area contributed by atoms with Crippen LogP contribution in [-0.4, -0.2) is 71.0 Å². The van der Waals surface area contributed by atoms with Gasteiger partial charge in [-0.15, -0.1) is 0 Å². The molecule has 0 saturated heterocycles. The Bertz CT molecular complexity index is 320. The van der Waals surface area contributed by atoms with Gasteiger partial charge in [-0.1, -0.05) is 13.8 Å². The molecule has 0 aliphatic carbocycles. The van der Waals surface area contributed by atoms with Crippen LogP contribution in [0.1, 0.15) is 20.3 Å². The van der Waals surface area contributed by atoms with Crippen LogP contribution < -0.4 is 5.32 Å². The van der Waals surface area contributed by atoms with Gasteiger partial charge >= 0.3 is 0 Å². The Hall–Kier alpha value is -0.210. The first kappa shape index (κ1) is 18.8. The van der Waals surface area contributed by atoms with E-state index >= 15 is 0 Å². The minimum Gasteiger partial charge on any atom is -0.383 e. The third-order valence-electron chi connectivity index (χ3n) is 2.73. The van der Waals surface area contributed by atoms with Crippen molar-refractivity contribution in [2.24, 2.45) is 5.92 Å². The molecule has 0 aliphatic heterocycles. The fourth-order valence-corrected chi connectivity index (χ4v) is 3.24. The molecule has 0 fully saturated rings. The summed E-state index contributed by atoms with van der Waals surface area (Å²) in [6.45, 7) is 6.67. The molecule has 0 saturated carbocycles. The van der Waals surface area contributed by atoms with Crippen molar-refractivity contribution < 1.29 is 13.2 Å². The van der Waals surface area contributed by atoms with Crippen molar-refractivity contribution in [1.29, 1.82) is 0 Å². The Balaban J connectivity index is 4.65. The quantitative estimate of drug-likeness (QED) is 0.560. The number of nitrogens with one attached hydrogen (secondary N) is 1. The summed E-state index contributed by atoms with van der Waals surface area (Å²) in [5, 5.41) is 3.02. The van der Waals surface area contributed by atoms with Crippen LogP contribution in [0.15, 0.2) is 0 Å². The molecule has 0 aromatic rings. The average molecular weight is 295 g/mol. The predicted molar refractivity (Wildman–Crippen MR) is 78.4 cm³/mol. The van der Waals surface area contributed by atoms with Gasteiger partial charge in [0, 0.05) is 33.8 Å². The van der Waals surface area contributed by atoms with Gasteiger partial charge in [-0.05, 0) is 25.9 Å². The molecular formula is C12H29N3O3S. The molecule has 0 rings (SSSR count). The average Bonchev–Trinajstić information content (AvgIpc) is 2.33. The van der Waals surface area contributed by atoms with Crippen molar-refractivity contribution in [3.8, 4) is 0 Å². The van der Waals surface area contributed by atoms with Gasteiger partial charge in [-0.3, -0.25) is 0 Å². The molecule has 0 amide bonds. The maximum atomic E-state index is 12.4. The Kier molecular flexibility index (Phi) is 9.55. The van der Waals surface area contributed by atoms with Crippen LogP contribution in [0.3, 0.4) is 0 Å². The standard InChI is InChI=1S/C12H29N3O3S/c1-12(2)11-15(9-10-18-5)19(16,17)14(4)8-6-7-13-3/h12-13H,6-11H2,1-5H3. The first-order valence-corrected chi connectivity index (χ1v) is 8.10. The van der Waals surface area contributed by atoms with Crippen LogP contribution in [0.4, 0.5) is 0 Å². The van der Waals surface area contributed by atoms with E-state index in [-0.39, 0.29) is 5.92 Å². The zero-order chi connectivity index (χ0) is 14.9. The predicted octanol–water partition coefficient (Wildman–Crippen LogP) is 0.377. The molecule has 1 N–H and O–H groups in total. The zero-order valence-electron chi connectivity index (χ0n) is 12.8. The highest BCUT2D eigenvalue weighted by atomic mass is 32.2. The fourth-order valence-electron chi connectivity index (χ4n) is 1.69. The molecular weight excluding hydrogens is 266 g/mol. The van der Waals surface area contributed by atoms with Crippen LogP contribution in [0.5, 0.6) is 0 Å². The number of rotatable bonds is 11. The summed E-state index contributed by atoms with van der Waals surface area (Å²) in [6.07, 6.45) is 0.798. The van der Waals surface area contributed by atoms with E-state index in [9.17, 15) is 8.42 Å². The van der Waals surface area contributed by atoms with E-state index in [0.29, 0.717) is 26.2 Å². The topological polar surface area (TPSA) is 61.9 Å². The fraction of sp³-hybridized carbons (Fsp3) is 1.00. The Labute approximate surface area is 118 Å². The molecule has 0 heterocycles. The van der Waals surface area contributed by atoms with Gasteiger partial charge in [-0.2, -0.15) is 17.0 Å². The van der Waals surface area contributed by atoms with Crippen molar-refractivity contribution in [3.05, 3.63) is 0 Å². The van der Waals surface area contributed by atoms with Gasteiger partial charge in [-0.25, -0.2) is 0 Å². The summed E-state index contributed by atoms with van der Waals surface area (Å²) in [5.74, 6) is 0.289. The van der Waals surface area contributed by atoms with Crippen molar-refractivity contribution >= 4 is 10.2 Å². The van der Waals surface area contributed by atoms with Gasteiger partial charge in [0.15, 0.2) is 0 Å². The highest BCUT2D eigenvalue weighted by Gasteiger charge is 2.26. The molecule has 0 aliphatic rings. The molecule has 19 heavy (non-hydrogen) atoms. The molecule has 0 atom stereocenters. The molecule has 0 aromatic heterocycles. The van der Waals surface area contributed by atoms with Gasteiger partial charge in [0.1, 0.15) is 0 Å². The van der Waals surface area contributed by atoms with Crippen molar-refractivity contribution in [2.45, 2.75) is 20.3 Å². The zero-order valence-corrected chi connectivity index (χ0v) is 13.7. The number of methoxy groups -OCH3 is 1. The van der Waals surface area contributed by atoms with E-state index in [4.69, 9.17) is 4.74 Å².